The zero-order valence-corrected chi connectivity index (χ0v) is 14.4. The van der Waals surface area contributed by atoms with Crippen molar-refractivity contribution in [1.29, 1.82) is 0 Å². The van der Waals surface area contributed by atoms with Crippen LogP contribution in [0.25, 0.3) is 0 Å². The highest BCUT2D eigenvalue weighted by Crippen LogP contribution is 2.20. The zero-order valence-electron chi connectivity index (χ0n) is 14.4. The summed E-state index contributed by atoms with van der Waals surface area (Å²) in [5.41, 5.74) is 2.11. The maximum absolute atomic E-state index is 12.7. The van der Waals surface area contributed by atoms with Gasteiger partial charge in [-0.25, -0.2) is 0 Å². The average Bonchev–Trinajstić information content (AvgIpc) is 2.62. The predicted molar refractivity (Wildman–Crippen MR) is 94.8 cm³/mol. The molecule has 1 aromatic rings. The van der Waals surface area contributed by atoms with E-state index in [4.69, 9.17) is 0 Å². The van der Waals surface area contributed by atoms with Gasteiger partial charge in [0.25, 0.3) is 5.91 Å². The second-order valence-electron chi connectivity index (χ2n) is 7.03. The quantitative estimate of drug-likeness (QED) is 0.795. The molecule has 3 nitrogen and oxygen atoms in total. The lowest BCUT2D eigenvalue weighted by atomic mass is 10.00. The minimum absolute atomic E-state index is 0.180. The Bertz CT molecular complexity index is 554. The van der Waals surface area contributed by atoms with Gasteiger partial charge in [0.15, 0.2) is 0 Å². The number of rotatable bonds is 3. The Morgan fingerprint density at radius 2 is 1.78 bits per heavy atom. The zero-order chi connectivity index (χ0) is 16.2. The summed E-state index contributed by atoms with van der Waals surface area (Å²) in [6.45, 7) is 8.02. The molecule has 1 atom stereocenters. The fourth-order valence-electron chi connectivity index (χ4n) is 3.55. The molecule has 2 aliphatic rings. The van der Waals surface area contributed by atoms with Crippen molar-refractivity contribution in [3.8, 4) is 0 Å². The Labute approximate surface area is 140 Å². The molecule has 0 aromatic heterocycles. The summed E-state index contributed by atoms with van der Waals surface area (Å²) in [5, 5.41) is 0. The third kappa shape index (κ3) is 3.84. The van der Waals surface area contributed by atoms with E-state index in [1.54, 1.807) is 0 Å². The van der Waals surface area contributed by atoms with Crippen LogP contribution in [0.4, 0.5) is 0 Å². The molecule has 1 aliphatic heterocycles. The maximum atomic E-state index is 12.7. The van der Waals surface area contributed by atoms with E-state index in [1.807, 2.05) is 17.0 Å². The molecule has 0 bridgehead atoms. The van der Waals surface area contributed by atoms with Crippen LogP contribution in [0.3, 0.4) is 0 Å². The van der Waals surface area contributed by atoms with E-state index in [0.29, 0.717) is 12.0 Å². The SMILES string of the molecule is CC(C)c1ccc(C(=O)N2CCN(C3C=CCCC3)CC2)cc1. The lowest BCUT2D eigenvalue weighted by Gasteiger charge is -2.39. The van der Waals surface area contributed by atoms with Gasteiger partial charge in [-0.3, -0.25) is 9.69 Å². The lowest BCUT2D eigenvalue weighted by molar-refractivity contribution is 0.0593. The lowest BCUT2D eigenvalue weighted by Crippen LogP contribution is -2.51. The molecule has 3 heteroatoms. The third-order valence-electron chi connectivity index (χ3n) is 5.12. The smallest absolute Gasteiger partial charge is 0.253 e. The predicted octanol–water partition coefficient (Wildman–Crippen LogP) is 3.68. The molecule has 1 aromatic carbocycles. The first kappa shape index (κ1) is 16.3. The van der Waals surface area contributed by atoms with E-state index in [1.165, 1.54) is 24.8 Å². The van der Waals surface area contributed by atoms with Crippen molar-refractivity contribution < 1.29 is 4.79 Å². The van der Waals surface area contributed by atoms with Gasteiger partial charge < -0.3 is 4.90 Å². The largest absolute Gasteiger partial charge is 0.336 e. The van der Waals surface area contributed by atoms with E-state index >= 15 is 0 Å². The van der Waals surface area contributed by atoms with Gasteiger partial charge in [0.1, 0.15) is 0 Å². The maximum Gasteiger partial charge on any atom is 0.253 e. The van der Waals surface area contributed by atoms with Gasteiger partial charge in [-0.05, 0) is 42.9 Å². The van der Waals surface area contributed by atoms with Crippen molar-refractivity contribution in [3.05, 3.63) is 47.5 Å². The molecule has 124 valence electrons. The van der Waals surface area contributed by atoms with Crippen LogP contribution in [0.15, 0.2) is 36.4 Å². The molecule has 1 fully saturated rings. The molecule has 0 saturated carbocycles. The first-order valence-electron chi connectivity index (χ1n) is 8.95. The molecule has 3 rings (SSSR count). The van der Waals surface area contributed by atoms with Crippen molar-refractivity contribution in [2.24, 2.45) is 0 Å². The van der Waals surface area contributed by atoms with Gasteiger partial charge in [0.2, 0.25) is 0 Å². The van der Waals surface area contributed by atoms with Crippen LogP contribution in [0, 0.1) is 0 Å². The number of nitrogens with zero attached hydrogens (tertiary/aromatic N) is 2. The van der Waals surface area contributed by atoms with Gasteiger partial charge in [-0.1, -0.05) is 38.1 Å². The van der Waals surface area contributed by atoms with Gasteiger partial charge >= 0.3 is 0 Å². The topological polar surface area (TPSA) is 23.6 Å². The highest BCUT2D eigenvalue weighted by molar-refractivity contribution is 5.94. The molecule has 1 unspecified atom stereocenters. The summed E-state index contributed by atoms with van der Waals surface area (Å²) in [7, 11) is 0. The molecule has 0 N–H and O–H groups in total. The molecule has 1 aliphatic carbocycles. The van der Waals surface area contributed by atoms with Crippen LogP contribution in [-0.4, -0.2) is 47.9 Å². The standard InChI is InChI=1S/C20H28N2O/c1-16(2)17-8-10-18(11-9-17)20(23)22-14-12-21(13-15-22)19-6-4-3-5-7-19/h4,6,8-11,16,19H,3,5,7,12-15H2,1-2H3. The molecule has 0 spiro atoms. The Balaban J connectivity index is 1.57. The fraction of sp³-hybridized carbons (Fsp3) is 0.550. The van der Waals surface area contributed by atoms with E-state index in [0.717, 1.165) is 31.7 Å². The number of allylic oxidation sites excluding steroid dienone is 1. The Kier molecular flexibility index (Phi) is 5.16. The van der Waals surface area contributed by atoms with Crippen LogP contribution < -0.4 is 0 Å². The van der Waals surface area contributed by atoms with E-state index in [-0.39, 0.29) is 5.91 Å². The van der Waals surface area contributed by atoms with Crippen molar-refractivity contribution in [1.82, 2.24) is 9.80 Å². The van der Waals surface area contributed by atoms with Gasteiger partial charge in [0, 0.05) is 37.8 Å². The number of carbonyl (C=O) groups excluding carboxylic acids is 1. The summed E-state index contributed by atoms with van der Waals surface area (Å²) < 4.78 is 0. The minimum Gasteiger partial charge on any atom is -0.336 e. The number of carbonyl (C=O) groups is 1. The van der Waals surface area contributed by atoms with Gasteiger partial charge in [-0.15, -0.1) is 0 Å². The van der Waals surface area contributed by atoms with Crippen LogP contribution in [-0.2, 0) is 0 Å². The molecule has 1 amide bonds. The molecule has 23 heavy (non-hydrogen) atoms. The molecule has 1 saturated heterocycles. The fourth-order valence-corrected chi connectivity index (χ4v) is 3.55. The van der Waals surface area contributed by atoms with E-state index in [2.05, 4.69) is 43.0 Å². The summed E-state index contributed by atoms with van der Waals surface area (Å²) in [4.78, 5) is 17.2. The number of piperazine rings is 1. The average molecular weight is 312 g/mol. The van der Waals surface area contributed by atoms with E-state index < -0.39 is 0 Å². The second-order valence-corrected chi connectivity index (χ2v) is 7.03. The number of benzene rings is 1. The molecular formula is C20H28N2O. The van der Waals surface area contributed by atoms with Crippen molar-refractivity contribution in [2.75, 3.05) is 26.2 Å². The monoisotopic (exact) mass is 312 g/mol. The Morgan fingerprint density at radius 3 is 2.35 bits per heavy atom. The molecule has 0 radical (unpaired) electrons. The normalized spacial score (nSPS) is 22.6. The van der Waals surface area contributed by atoms with E-state index in [9.17, 15) is 4.79 Å². The van der Waals surface area contributed by atoms with Crippen LogP contribution in [0.1, 0.15) is 54.9 Å². The third-order valence-corrected chi connectivity index (χ3v) is 5.12. The van der Waals surface area contributed by atoms with Crippen LogP contribution in [0.2, 0.25) is 0 Å². The Hall–Kier alpha value is -1.61. The second kappa shape index (κ2) is 7.31. The summed E-state index contributed by atoms with van der Waals surface area (Å²) >= 11 is 0. The molecular weight excluding hydrogens is 284 g/mol. The highest BCUT2D eigenvalue weighted by atomic mass is 16.2. The number of hydrogen-bond donors (Lipinski definition) is 0. The van der Waals surface area contributed by atoms with Crippen molar-refractivity contribution in [3.63, 3.8) is 0 Å². The first-order chi connectivity index (χ1) is 11.1. The first-order valence-corrected chi connectivity index (χ1v) is 8.95. The summed E-state index contributed by atoms with van der Waals surface area (Å²) in [5.74, 6) is 0.686. The van der Waals surface area contributed by atoms with Gasteiger partial charge in [-0.2, -0.15) is 0 Å². The highest BCUT2D eigenvalue weighted by Gasteiger charge is 2.26. The number of hydrogen-bond acceptors (Lipinski definition) is 2. The van der Waals surface area contributed by atoms with Crippen LogP contribution in [0.5, 0.6) is 0 Å². The minimum atomic E-state index is 0.180. The van der Waals surface area contributed by atoms with Crippen molar-refractivity contribution >= 4 is 5.91 Å². The Morgan fingerprint density at radius 1 is 1.09 bits per heavy atom. The van der Waals surface area contributed by atoms with Crippen molar-refractivity contribution in [2.45, 2.75) is 45.1 Å². The number of amides is 1. The summed E-state index contributed by atoms with van der Waals surface area (Å²) in [6, 6.07) is 8.72. The summed E-state index contributed by atoms with van der Waals surface area (Å²) in [6.07, 6.45) is 8.44. The van der Waals surface area contributed by atoms with Crippen LogP contribution >= 0.6 is 0 Å². The molecule has 1 heterocycles. The van der Waals surface area contributed by atoms with Gasteiger partial charge in [0.05, 0.1) is 0 Å².